The minimum Gasteiger partial charge on any atom is -0.364 e. The normalized spacial score (nSPS) is 12.9. The van der Waals surface area contributed by atoms with Gasteiger partial charge in [0, 0.05) is 24.3 Å². The monoisotopic (exact) mass is 253 g/mol. The van der Waals surface area contributed by atoms with E-state index < -0.39 is 0 Å². The lowest BCUT2D eigenvalue weighted by atomic mass is 10.2. The van der Waals surface area contributed by atoms with Crippen LogP contribution in [0.1, 0.15) is 25.6 Å². The summed E-state index contributed by atoms with van der Waals surface area (Å²) in [5.74, 6) is 2.32. The molecule has 0 aliphatic rings. The molecule has 2 rings (SSSR count). The number of aryl methyl sites for hydroxylation is 1. The Morgan fingerprint density at radius 2 is 2.29 bits per heavy atom. The first-order valence-corrected chi connectivity index (χ1v) is 6.24. The summed E-state index contributed by atoms with van der Waals surface area (Å²) in [6.07, 6.45) is 5.61. The van der Waals surface area contributed by atoms with E-state index in [1.54, 1.807) is 6.20 Å². The molecule has 0 saturated carbocycles. The molecule has 1 atom stereocenters. The van der Waals surface area contributed by atoms with Crippen LogP contribution >= 0.6 is 11.6 Å². The lowest BCUT2D eigenvalue weighted by Gasteiger charge is -2.13. The van der Waals surface area contributed by atoms with Crippen molar-refractivity contribution in [1.29, 1.82) is 0 Å². The first-order valence-electron chi connectivity index (χ1n) is 5.71. The van der Waals surface area contributed by atoms with Crippen LogP contribution in [-0.2, 0) is 0 Å². The van der Waals surface area contributed by atoms with Crippen molar-refractivity contribution in [2.45, 2.75) is 32.7 Å². The van der Waals surface area contributed by atoms with Crippen molar-refractivity contribution in [3.63, 3.8) is 0 Å². The lowest BCUT2D eigenvalue weighted by Crippen LogP contribution is -2.16. The van der Waals surface area contributed by atoms with Crippen LogP contribution in [0.3, 0.4) is 0 Å². The summed E-state index contributed by atoms with van der Waals surface area (Å²) < 4.78 is 1.92. The fraction of sp³-hybridized carbons (Fsp3) is 0.545. The molecule has 0 amide bonds. The number of rotatable bonds is 5. The molecule has 2 heterocycles. The number of aromatic nitrogens is 4. The summed E-state index contributed by atoms with van der Waals surface area (Å²) in [4.78, 5) is 4.30. The van der Waals surface area contributed by atoms with E-state index in [0.717, 1.165) is 30.1 Å². The van der Waals surface area contributed by atoms with Gasteiger partial charge in [0.25, 0.3) is 0 Å². The quantitative estimate of drug-likeness (QED) is 0.831. The van der Waals surface area contributed by atoms with Crippen molar-refractivity contribution in [1.82, 2.24) is 19.6 Å². The van der Waals surface area contributed by atoms with Crippen LogP contribution in [0.4, 0.5) is 5.82 Å². The molecular weight excluding hydrogens is 238 g/mol. The van der Waals surface area contributed by atoms with E-state index in [0.29, 0.717) is 11.9 Å². The molecule has 0 aromatic carbocycles. The van der Waals surface area contributed by atoms with Gasteiger partial charge in [-0.05, 0) is 26.7 Å². The highest BCUT2D eigenvalue weighted by molar-refractivity contribution is 6.17. The molecule has 92 valence electrons. The van der Waals surface area contributed by atoms with Crippen molar-refractivity contribution >= 4 is 23.1 Å². The Morgan fingerprint density at radius 1 is 1.47 bits per heavy atom. The highest BCUT2D eigenvalue weighted by Gasteiger charge is 2.09. The van der Waals surface area contributed by atoms with Crippen LogP contribution in [0.2, 0.25) is 0 Å². The molecule has 6 heteroatoms. The van der Waals surface area contributed by atoms with Gasteiger partial charge in [0.05, 0.1) is 0 Å². The topological polar surface area (TPSA) is 55.1 Å². The zero-order valence-electron chi connectivity index (χ0n) is 10.0. The average Bonchev–Trinajstić information content (AvgIpc) is 2.70. The summed E-state index contributed by atoms with van der Waals surface area (Å²) >= 11 is 5.68. The molecule has 2 aromatic rings. The molecule has 0 radical (unpaired) electrons. The predicted molar refractivity (Wildman–Crippen MR) is 68.6 cm³/mol. The van der Waals surface area contributed by atoms with E-state index in [1.165, 1.54) is 0 Å². The van der Waals surface area contributed by atoms with Crippen LogP contribution in [0.15, 0.2) is 12.4 Å². The van der Waals surface area contributed by atoms with Crippen LogP contribution in [0.25, 0.3) is 5.65 Å². The van der Waals surface area contributed by atoms with Crippen molar-refractivity contribution < 1.29 is 0 Å². The molecule has 0 spiro atoms. The number of nitrogens with one attached hydrogen (secondary N) is 1. The number of fused-ring (bicyclic) bond motifs is 1. The van der Waals surface area contributed by atoms with Gasteiger partial charge in [-0.1, -0.05) is 0 Å². The number of alkyl halides is 1. The number of nitrogens with zero attached hydrogens (tertiary/aromatic N) is 4. The Balaban J connectivity index is 2.18. The van der Waals surface area contributed by atoms with E-state index in [1.807, 2.05) is 17.5 Å². The summed E-state index contributed by atoms with van der Waals surface area (Å²) in [6, 6.07) is 0.324. The van der Waals surface area contributed by atoms with E-state index in [9.17, 15) is 0 Å². The number of hydrogen-bond acceptors (Lipinski definition) is 4. The maximum atomic E-state index is 5.68. The molecule has 2 aromatic heterocycles. The van der Waals surface area contributed by atoms with Gasteiger partial charge in [0.15, 0.2) is 5.82 Å². The lowest BCUT2D eigenvalue weighted by molar-refractivity contribution is 0.690. The first kappa shape index (κ1) is 12.1. The third-order valence-electron chi connectivity index (χ3n) is 2.65. The fourth-order valence-electron chi connectivity index (χ4n) is 1.73. The second-order valence-corrected chi connectivity index (χ2v) is 4.47. The summed E-state index contributed by atoms with van der Waals surface area (Å²) in [6.45, 7) is 4.03. The minimum atomic E-state index is 0.324. The molecular formula is C11H16ClN5. The molecule has 1 unspecified atom stereocenters. The third-order valence-corrected chi connectivity index (χ3v) is 2.92. The van der Waals surface area contributed by atoms with Crippen molar-refractivity contribution in [3.05, 3.63) is 18.2 Å². The Bertz CT molecular complexity index is 496. The minimum absolute atomic E-state index is 0.324. The van der Waals surface area contributed by atoms with E-state index in [4.69, 9.17) is 11.6 Å². The second kappa shape index (κ2) is 5.31. The van der Waals surface area contributed by atoms with Crippen LogP contribution in [-0.4, -0.2) is 31.5 Å². The number of hydrogen-bond donors (Lipinski definition) is 1. The van der Waals surface area contributed by atoms with Crippen molar-refractivity contribution in [3.8, 4) is 0 Å². The van der Waals surface area contributed by atoms with Gasteiger partial charge in [-0.25, -0.2) is 4.98 Å². The molecule has 0 aliphatic carbocycles. The molecule has 5 nitrogen and oxygen atoms in total. The van der Waals surface area contributed by atoms with Gasteiger partial charge in [-0.3, -0.25) is 4.40 Å². The second-order valence-electron chi connectivity index (χ2n) is 4.09. The highest BCUT2D eigenvalue weighted by atomic mass is 35.5. The van der Waals surface area contributed by atoms with Crippen LogP contribution in [0.5, 0.6) is 0 Å². The van der Waals surface area contributed by atoms with Gasteiger partial charge in [-0.2, -0.15) is 0 Å². The summed E-state index contributed by atoms with van der Waals surface area (Å²) in [7, 11) is 0. The van der Waals surface area contributed by atoms with Gasteiger partial charge in [0.1, 0.15) is 5.82 Å². The van der Waals surface area contributed by atoms with Gasteiger partial charge < -0.3 is 5.32 Å². The van der Waals surface area contributed by atoms with Gasteiger partial charge in [0.2, 0.25) is 5.65 Å². The SMILES string of the molecule is Cc1nnc2c(NC(C)CCCCl)nccn12. The summed E-state index contributed by atoms with van der Waals surface area (Å²) in [5.41, 5.74) is 0.766. The number of halogens is 1. The highest BCUT2D eigenvalue weighted by Crippen LogP contribution is 2.14. The van der Waals surface area contributed by atoms with E-state index in [-0.39, 0.29) is 0 Å². The predicted octanol–water partition coefficient (Wildman–Crippen LogP) is 2.25. The third kappa shape index (κ3) is 2.66. The first-order chi connectivity index (χ1) is 8.22. The summed E-state index contributed by atoms with van der Waals surface area (Å²) in [5, 5.41) is 11.5. The Labute approximate surface area is 105 Å². The largest absolute Gasteiger partial charge is 0.364 e. The van der Waals surface area contributed by atoms with E-state index in [2.05, 4.69) is 27.4 Å². The standard InChI is InChI=1S/C11H16ClN5/c1-8(4-3-5-12)14-10-11-16-15-9(2)17(11)7-6-13-10/h6-8H,3-5H2,1-2H3,(H,13,14). The van der Waals surface area contributed by atoms with Crippen LogP contribution < -0.4 is 5.32 Å². The molecule has 0 fully saturated rings. The molecule has 0 saturated heterocycles. The van der Waals surface area contributed by atoms with Gasteiger partial charge in [-0.15, -0.1) is 21.8 Å². The maximum absolute atomic E-state index is 5.68. The fourth-order valence-corrected chi connectivity index (χ4v) is 1.89. The smallest absolute Gasteiger partial charge is 0.203 e. The Morgan fingerprint density at radius 3 is 3.06 bits per heavy atom. The zero-order chi connectivity index (χ0) is 12.3. The zero-order valence-corrected chi connectivity index (χ0v) is 10.8. The van der Waals surface area contributed by atoms with Crippen LogP contribution in [0, 0.1) is 6.92 Å². The van der Waals surface area contributed by atoms with Gasteiger partial charge >= 0.3 is 0 Å². The molecule has 17 heavy (non-hydrogen) atoms. The Hall–Kier alpha value is -1.36. The maximum Gasteiger partial charge on any atom is 0.203 e. The van der Waals surface area contributed by atoms with Crippen molar-refractivity contribution in [2.75, 3.05) is 11.2 Å². The molecule has 1 N–H and O–H groups in total. The molecule has 0 aliphatic heterocycles. The Kier molecular flexibility index (Phi) is 3.78. The van der Waals surface area contributed by atoms with Crippen molar-refractivity contribution in [2.24, 2.45) is 0 Å². The number of anilines is 1. The molecule has 0 bridgehead atoms. The average molecular weight is 254 g/mol. The van der Waals surface area contributed by atoms with E-state index >= 15 is 0 Å².